The molecular formula is C26H28F5N5O5S. The third-order valence-corrected chi connectivity index (χ3v) is 9.31. The maximum Gasteiger partial charge on any atom is 0.248 e. The number of aromatic nitrogens is 5. The van der Waals surface area contributed by atoms with E-state index in [4.69, 9.17) is 4.74 Å². The number of thioether (sulfide) groups is 1. The minimum absolute atomic E-state index is 0.103. The van der Waals surface area contributed by atoms with Crippen molar-refractivity contribution in [2.45, 2.75) is 79.2 Å². The molecule has 0 spiro atoms. The van der Waals surface area contributed by atoms with E-state index in [0.29, 0.717) is 17.8 Å². The number of rotatable bonds is 7. The molecule has 2 aliphatic rings. The van der Waals surface area contributed by atoms with Crippen molar-refractivity contribution in [2.24, 2.45) is 0 Å². The number of aliphatic hydroxyl groups is 4. The fourth-order valence-electron chi connectivity index (χ4n) is 5.32. The number of halogens is 5. The molecule has 3 heterocycles. The quantitative estimate of drug-likeness (QED) is 0.231. The highest BCUT2D eigenvalue weighted by Crippen LogP contribution is 2.52. The van der Waals surface area contributed by atoms with E-state index in [1.54, 1.807) is 6.92 Å². The van der Waals surface area contributed by atoms with Gasteiger partial charge >= 0.3 is 0 Å². The normalized spacial score (nSPS) is 28.0. The summed E-state index contributed by atoms with van der Waals surface area (Å²) in [7, 11) is 0. The second kappa shape index (κ2) is 11.7. The van der Waals surface area contributed by atoms with Crippen molar-refractivity contribution in [1.82, 2.24) is 25.0 Å². The molecule has 0 unspecified atom stereocenters. The highest BCUT2D eigenvalue weighted by atomic mass is 32.2. The van der Waals surface area contributed by atoms with E-state index < -0.39 is 83.5 Å². The van der Waals surface area contributed by atoms with Gasteiger partial charge in [-0.1, -0.05) is 5.21 Å². The number of ether oxygens (including phenoxy) is 1. The van der Waals surface area contributed by atoms with Crippen LogP contribution in [0.2, 0.25) is 0 Å². The first-order chi connectivity index (χ1) is 19.8. The lowest BCUT2D eigenvalue weighted by atomic mass is 9.79. The summed E-state index contributed by atoms with van der Waals surface area (Å²) in [6, 6.07) is 0.0980. The molecule has 228 valence electrons. The first-order valence-electron chi connectivity index (χ1n) is 13.1. The molecule has 2 fully saturated rings. The topological polar surface area (TPSA) is 147 Å². The molecule has 4 N–H and O–H groups in total. The second-order valence-corrected chi connectivity index (χ2v) is 11.7. The van der Waals surface area contributed by atoms with Crippen molar-refractivity contribution >= 4 is 11.8 Å². The number of aryl methyl sites for hydroxylation is 1. The average Bonchev–Trinajstić information content (AvgIpc) is 3.43. The van der Waals surface area contributed by atoms with E-state index >= 15 is 0 Å². The van der Waals surface area contributed by atoms with Crippen LogP contribution in [0.25, 0.3) is 11.3 Å². The first-order valence-corrected chi connectivity index (χ1v) is 14.0. The van der Waals surface area contributed by atoms with Gasteiger partial charge in [0, 0.05) is 30.8 Å². The molecule has 3 aromatic rings. The number of aliphatic hydroxyl groups excluding tert-OH is 3. The van der Waals surface area contributed by atoms with Gasteiger partial charge in [0.25, 0.3) is 0 Å². The van der Waals surface area contributed by atoms with Gasteiger partial charge in [0.05, 0.1) is 35.0 Å². The van der Waals surface area contributed by atoms with Gasteiger partial charge < -0.3 is 25.2 Å². The third-order valence-electron chi connectivity index (χ3n) is 7.72. The monoisotopic (exact) mass is 617 g/mol. The molecule has 16 heteroatoms. The average molecular weight is 618 g/mol. The van der Waals surface area contributed by atoms with E-state index in [-0.39, 0.29) is 29.8 Å². The summed E-state index contributed by atoms with van der Waals surface area (Å²) < 4.78 is 76.0. The Morgan fingerprint density at radius 3 is 2.31 bits per heavy atom. The van der Waals surface area contributed by atoms with E-state index in [9.17, 15) is 42.4 Å². The van der Waals surface area contributed by atoms with Gasteiger partial charge in [-0.3, -0.25) is 9.97 Å². The van der Waals surface area contributed by atoms with Crippen LogP contribution in [0.15, 0.2) is 30.7 Å². The fourth-order valence-corrected chi connectivity index (χ4v) is 6.96. The van der Waals surface area contributed by atoms with Crippen molar-refractivity contribution < 1.29 is 47.1 Å². The Balaban J connectivity index is 1.47. The lowest BCUT2D eigenvalue weighted by Gasteiger charge is -2.46. The Kier molecular flexibility index (Phi) is 8.57. The Morgan fingerprint density at radius 1 is 1.05 bits per heavy atom. The molecular weight excluding hydrogens is 589 g/mol. The van der Waals surface area contributed by atoms with E-state index in [2.05, 4.69) is 20.3 Å². The van der Waals surface area contributed by atoms with Crippen molar-refractivity contribution in [3.63, 3.8) is 0 Å². The summed E-state index contributed by atoms with van der Waals surface area (Å²) >= 11 is 0.881. The van der Waals surface area contributed by atoms with Crippen LogP contribution in [0, 0.1) is 24.4 Å². The lowest BCUT2D eigenvalue weighted by Crippen LogP contribution is -2.55. The molecule has 1 saturated heterocycles. The maximum absolute atomic E-state index is 14.0. The maximum atomic E-state index is 14.0. The Morgan fingerprint density at radius 2 is 1.69 bits per heavy atom. The highest BCUT2D eigenvalue weighted by Gasteiger charge is 2.52. The predicted molar refractivity (Wildman–Crippen MR) is 138 cm³/mol. The first kappa shape index (κ1) is 30.7. The minimum atomic E-state index is -2.95. The van der Waals surface area contributed by atoms with Crippen molar-refractivity contribution in [1.29, 1.82) is 0 Å². The van der Waals surface area contributed by atoms with Crippen LogP contribution in [0.5, 0.6) is 0 Å². The van der Waals surface area contributed by atoms with Crippen molar-refractivity contribution in [3.05, 3.63) is 59.6 Å². The van der Waals surface area contributed by atoms with Crippen LogP contribution in [0.4, 0.5) is 22.0 Å². The molecule has 10 nitrogen and oxygen atoms in total. The number of benzene rings is 1. The van der Waals surface area contributed by atoms with Gasteiger partial charge in [0.2, 0.25) is 5.92 Å². The highest BCUT2D eigenvalue weighted by molar-refractivity contribution is 8.00. The predicted octanol–water partition coefficient (Wildman–Crippen LogP) is 2.86. The molecule has 0 amide bonds. The van der Waals surface area contributed by atoms with Gasteiger partial charge in [-0.15, -0.1) is 16.9 Å². The van der Waals surface area contributed by atoms with Gasteiger partial charge in [0.15, 0.2) is 17.5 Å². The molecule has 1 aliphatic carbocycles. The van der Waals surface area contributed by atoms with Crippen LogP contribution < -0.4 is 0 Å². The zero-order valence-electron chi connectivity index (χ0n) is 22.1. The van der Waals surface area contributed by atoms with Crippen molar-refractivity contribution in [3.8, 4) is 11.3 Å². The lowest BCUT2D eigenvalue weighted by molar-refractivity contribution is -0.179. The van der Waals surface area contributed by atoms with Crippen LogP contribution in [-0.4, -0.2) is 87.3 Å². The summed E-state index contributed by atoms with van der Waals surface area (Å²) in [4.78, 5) is 8.54. The largest absolute Gasteiger partial charge is 0.394 e. The molecule has 0 radical (unpaired) electrons. The standard InChI is InChI=1S/C26H28F5N5O5S/c1-12-19(33-7-6-32-12)23(25(40)2-4-26(30,31)5-3-25)42-24-22(39)20(21(38)17(11-37)41-24)36-10-16(34-35-36)13-8-14(27)18(29)15(28)9-13/h6-10,17,20-24,37-40H,2-5,11H2,1H3/t17-,20+,21+,22-,23-,24+/m1/s1. The van der Waals surface area contributed by atoms with Gasteiger partial charge in [-0.2, -0.15) is 0 Å². The Bertz CT molecular complexity index is 1400. The summed E-state index contributed by atoms with van der Waals surface area (Å²) in [6.45, 7) is 0.943. The Labute approximate surface area is 240 Å². The van der Waals surface area contributed by atoms with Crippen molar-refractivity contribution in [2.75, 3.05) is 6.61 Å². The SMILES string of the molecule is Cc1nccnc1[C@@H](S[C@@H]1O[C@H](CO)[C@H](O)[C@H](n2cc(-c3cc(F)c(F)c(F)c3)nn2)[C@H]1O)C1(O)CCC(F)(F)CC1. The van der Waals surface area contributed by atoms with Crippen LogP contribution in [-0.2, 0) is 4.74 Å². The number of hydrogen-bond acceptors (Lipinski definition) is 10. The number of nitrogens with zero attached hydrogens (tertiary/aromatic N) is 5. The van der Waals surface area contributed by atoms with Gasteiger partial charge in [-0.05, 0) is 31.9 Å². The number of hydrogen-bond donors (Lipinski definition) is 4. The summed E-state index contributed by atoms with van der Waals surface area (Å²) in [5.41, 5.74) is -2.50. The molecule has 6 atom stereocenters. The summed E-state index contributed by atoms with van der Waals surface area (Å²) in [5.74, 6) is -7.52. The molecule has 1 saturated carbocycles. The number of alkyl halides is 2. The molecule has 1 aromatic carbocycles. The van der Waals surface area contributed by atoms with Crippen LogP contribution in [0.1, 0.15) is 48.4 Å². The molecule has 42 heavy (non-hydrogen) atoms. The van der Waals surface area contributed by atoms with Crippen LogP contribution in [0.3, 0.4) is 0 Å². The van der Waals surface area contributed by atoms with E-state index in [1.165, 1.54) is 18.6 Å². The van der Waals surface area contributed by atoms with Crippen LogP contribution >= 0.6 is 11.8 Å². The van der Waals surface area contributed by atoms with E-state index in [0.717, 1.165) is 16.4 Å². The minimum Gasteiger partial charge on any atom is -0.394 e. The molecule has 0 bridgehead atoms. The molecule has 1 aliphatic heterocycles. The zero-order valence-corrected chi connectivity index (χ0v) is 22.9. The Hall–Kier alpha value is -2.76. The smallest absolute Gasteiger partial charge is 0.248 e. The molecule has 2 aromatic heterocycles. The van der Waals surface area contributed by atoms with Gasteiger partial charge in [0.1, 0.15) is 35.5 Å². The fraction of sp³-hybridized carbons (Fsp3) is 0.538. The zero-order chi connectivity index (χ0) is 30.4. The molecule has 5 rings (SSSR count). The van der Waals surface area contributed by atoms with E-state index in [1.807, 2.05) is 0 Å². The van der Waals surface area contributed by atoms with Gasteiger partial charge in [-0.25, -0.2) is 26.6 Å². The summed E-state index contributed by atoms with van der Waals surface area (Å²) in [5, 5.41) is 50.7. The second-order valence-electron chi connectivity index (χ2n) is 10.5. The summed E-state index contributed by atoms with van der Waals surface area (Å²) in [6.07, 6.45) is -2.10. The third kappa shape index (κ3) is 5.88.